The third-order valence-electron chi connectivity index (χ3n) is 4.98. The smallest absolute Gasteiger partial charge is 0.323 e. The number of hydrogen-bond acceptors (Lipinski definition) is 4. The molecular formula is C22H36N2O2. The number of hydrogen-bond donors (Lipinski definition) is 1. The van der Waals surface area contributed by atoms with Crippen molar-refractivity contribution in [3.63, 3.8) is 0 Å². The van der Waals surface area contributed by atoms with Crippen molar-refractivity contribution >= 4 is 5.97 Å². The summed E-state index contributed by atoms with van der Waals surface area (Å²) in [4.78, 5) is 15.1. The zero-order chi connectivity index (χ0) is 19.3. The Hall–Kier alpha value is -1.39. The molecule has 2 rings (SSSR count). The molecule has 1 N–H and O–H groups in total. The number of nitrogens with one attached hydrogen (secondary N) is 1. The van der Waals surface area contributed by atoms with E-state index < -0.39 is 5.60 Å². The van der Waals surface area contributed by atoms with Gasteiger partial charge in [-0.05, 0) is 52.0 Å². The van der Waals surface area contributed by atoms with Gasteiger partial charge < -0.3 is 10.1 Å². The number of carbonyl (C=O) groups excluding carboxylic acids is 1. The Kier molecular flexibility index (Phi) is 7.24. The fraction of sp³-hybridized carbons (Fsp3) is 0.682. The molecule has 1 aromatic carbocycles. The summed E-state index contributed by atoms with van der Waals surface area (Å²) in [5.74, 6) is 0.0781. The quantitative estimate of drug-likeness (QED) is 0.779. The van der Waals surface area contributed by atoms with Crippen LogP contribution in [0.15, 0.2) is 30.3 Å². The molecule has 1 aromatic rings. The van der Waals surface area contributed by atoms with Crippen molar-refractivity contribution in [1.82, 2.24) is 10.2 Å². The summed E-state index contributed by atoms with van der Waals surface area (Å²) in [7, 11) is 0. The predicted molar refractivity (Wildman–Crippen MR) is 107 cm³/mol. The molecule has 4 nitrogen and oxygen atoms in total. The lowest BCUT2D eigenvalue weighted by atomic mass is 9.94. The molecule has 1 saturated heterocycles. The maximum Gasteiger partial charge on any atom is 0.323 e. The van der Waals surface area contributed by atoms with Crippen LogP contribution in [0.1, 0.15) is 59.9 Å². The maximum absolute atomic E-state index is 12.6. The molecule has 4 heteroatoms. The zero-order valence-electron chi connectivity index (χ0n) is 17.3. The average molecular weight is 361 g/mol. The van der Waals surface area contributed by atoms with Crippen molar-refractivity contribution in [2.75, 3.05) is 6.54 Å². The van der Waals surface area contributed by atoms with Crippen molar-refractivity contribution in [3.05, 3.63) is 35.9 Å². The Morgan fingerprint density at radius 2 is 1.92 bits per heavy atom. The van der Waals surface area contributed by atoms with Crippen molar-refractivity contribution in [1.29, 1.82) is 0 Å². The molecule has 0 radical (unpaired) electrons. The molecule has 0 unspecified atom stereocenters. The van der Waals surface area contributed by atoms with E-state index in [0.717, 1.165) is 25.9 Å². The lowest BCUT2D eigenvalue weighted by Crippen LogP contribution is -2.53. The van der Waals surface area contributed by atoms with Crippen LogP contribution >= 0.6 is 0 Å². The van der Waals surface area contributed by atoms with Gasteiger partial charge in [0.2, 0.25) is 0 Å². The van der Waals surface area contributed by atoms with Crippen molar-refractivity contribution in [2.45, 2.75) is 84.7 Å². The van der Waals surface area contributed by atoms with Gasteiger partial charge in [-0.25, -0.2) is 0 Å². The zero-order valence-corrected chi connectivity index (χ0v) is 17.3. The van der Waals surface area contributed by atoms with Gasteiger partial charge in [-0.3, -0.25) is 9.69 Å². The molecule has 3 atom stereocenters. The van der Waals surface area contributed by atoms with Crippen LogP contribution in [0.2, 0.25) is 0 Å². The van der Waals surface area contributed by atoms with Crippen LogP contribution in [-0.4, -0.2) is 41.1 Å². The molecule has 0 saturated carbocycles. The highest BCUT2D eigenvalue weighted by atomic mass is 16.6. The van der Waals surface area contributed by atoms with Crippen LogP contribution < -0.4 is 5.32 Å². The number of piperidine rings is 1. The minimum absolute atomic E-state index is 0.133. The van der Waals surface area contributed by atoms with E-state index in [-0.39, 0.29) is 17.9 Å². The maximum atomic E-state index is 12.6. The molecule has 26 heavy (non-hydrogen) atoms. The molecule has 0 spiro atoms. The molecule has 146 valence electrons. The van der Waals surface area contributed by atoms with Gasteiger partial charge in [-0.2, -0.15) is 0 Å². The normalized spacial score (nSPS) is 23.0. The Balaban J connectivity index is 1.91. The van der Waals surface area contributed by atoms with E-state index in [0.29, 0.717) is 12.1 Å². The lowest BCUT2D eigenvalue weighted by Gasteiger charge is -2.40. The minimum Gasteiger partial charge on any atom is -0.459 e. The molecule has 0 bridgehead atoms. The molecule has 1 aliphatic heterocycles. The summed E-state index contributed by atoms with van der Waals surface area (Å²) in [6, 6.07) is 11.2. The fourth-order valence-corrected chi connectivity index (χ4v) is 3.58. The summed E-state index contributed by atoms with van der Waals surface area (Å²) in [6.45, 7) is 14.3. The highest BCUT2D eigenvalue weighted by Crippen LogP contribution is 2.22. The second kappa shape index (κ2) is 9.01. The Morgan fingerprint density at radius 1 is 1.27 bits per heavy atom. The Bertz CT molecular complexity index is 565. The van der Waals surface area contributed by atoms with E-state index in [9.17, 15) is 4.79 Å². The first-order valence-electron chi connectivity index (χ1n) is 9.92. The Morgan fingerprint density at radius 3 is 2.46 bits per heavy atom. The second-order valence-corrected chi connectivity index (χ2v) is 8.95. The van der Waals surface area contributed by atoms with Crippen LogP contribution in [0.3, 0.4) is 0 Å². The highest BCUT2D eigenvalue weighted by Gasteiger charge is 2.32. The summed E-state index contributed by atoms with van der Waals surface area (Å²) in [6.07, 6.45) is 2.11. The number of nitrogens with zero attached hydrogens (tertiary/aromatic N) is 1. The number of carbonyl (C=O) groups is 1. The topological polar surface area (TPSA) is 41.6 Å². The van der Waals surface area contributed by atoms with Gasteiger partial charge in [-0.15, -0.1) is 0 Å². The molecular weight excluding hydrogens is 324 g/mol. The largest absolute Gasteiger partial charge is 0.459 e. The average Bonchev–Trinajstić information content (AvgIpc) is 2.54. The number of rotatable bonds is 6. The number of esters is 1. The molecule has 1 heterocycles. The summed E-state index contributed by atoms with van der Waals surface area (Å²) in [5, 5.41) is 3.59. The highest BCUT2D eigenvalue weighted by molar-refractivity contribution is 5.76. The first-order chi connectivity index (χ1) is 12.2. The van der Waals surface area contributed by atoms with Crippen molar-refractivity contribution < 1.29 is 9.53 Å². The van der Waals surface area contributed by atoms with Gasteiger partial charge in [0, 0.05) is 25.2 Å². The van der Waals surface area contributed by atoms with Gasteiger partial charge in [0.15, 0.2) is 0 Å². The van der Waals surface area contributed by atoms with Gasteiger partial charge in [0.25, 0.3) is 0 Å². The fourth-order valence-electron chi connectivity index (χ4n) is 3.58. The predicted octanol–water partition coefficient (Wildman–Crippen LogP) is 4.00. The molecule has 0 amide bonds. The molecule has 1 fully saturated rings. The number of benzene rings is 1. The van der Waals surface area contributed by atoms with Crippen LogP contribution in [0, 0.1) is 5.92 Å². The third-order valence-corrected chi connectivity index (χ3v) is 4.98. The summed E-state index contributed by atoms with van der Waals surface area (Å²) >= 11 is 0. The molecule has 0 aliphatic carbocycles. The van der Waals surface area contributed by atoms with E-state index >= 15 is 0 Å². The van der Waals surface area contributed by atoms with Crippen molar-refractivity contribution in [2.24, 2.45) is 5.92 Å². The van der Waals surface area contributed by atoms with Gasteiger partial charge in [0.05, 0.1) is 0 Å². The molecule has 0 aromatic heterocycles. The van der Waals surface area contributed by atoms with E-state index in [4.69, 9.17) is 4.74 Å². The minimum atomic E-state index is -0.446. The second-order valence-electron chi connectivity index (χ2n) is 8.95. The number of likely N-dealkylation sites (tertiary alicyclic amines) is 1. The van der Waals surface area contributed by atoms with Crippen molar-refractivity contribution in [3.8, 4) is 0 Å². The van der Waals surface area contributed by atoms with Gasteiger partial charge in [-0.1, -0.05) is 44.2 Å². The van der Waals surface area contributed by atoms with E-state index in [1.165, 1.54) is 5.56 Å². The van der Waals surface area contributed by atoms with E-state index in [1.807, 2.05) is 20.8 Å². The van der Waals surface area contributed by atoms with E-state index in [2.05, 4.69) is 61.3 Å². The molecule has 1 aliphatic rings. The summed E-state index contributed by atoms with van der Waals surface area (Å²) in [5.41, 5.74) is 0.915. The first-order valence-corrected chi connectivity index (χ1v) is 9.92. The van der Waals surface area contributed by atoms with Crippen LogP contribution in [0.25, 0.3) is 0 Å². The van der Waals surface area contributed by atoms with Crippen LogP contribution in [0.5, 0.6) is 0 Å². The first kappa shape index (κ1) is 20.9. The van der Waals surface area contributed by atoms with Crippen LogP contribution in [-0.2, 0) is 16.1 Å². The van der Waals surface area contributed by atoms with Crippen LogP contribution in [0.4, 0.5) is 0 Å². The summed E-state index contributed by atoms with van der Waals surface area (Å²) < 4.78 is 5.62. The number of ether oxygens (including phenoxy) is 1. The third kappa shape index (κ3) is 6.40. The Labute approximate surface area is 159 Å². The monoisotopic (exact) mass is 360 g/mol. The standard InChI is InChI=1S/C22H36N2O2/c1-16(2)20(21(25)26-22(4,5)6)23-19-12-13-24(17(3)14-19)15-18-10-8-7-9-11-18/h7-11,16-17,19-20,23H,12-15H2,1-6H3/t17-,19-,20+/m1/s1. The van der Waals surface area contributed by atoms with E-state index in [1.54, 1.807) is 0 Å². The SMILES string of the molecule is CC(C)[C@H](N[C@@H]1CCN(Cc2ccccc2)[C@H](C)C1)C(=O)OC(C)(C)C. The van der Waals surface area contributed by atoms with Gasteiger partial charge >= 0.3 is 5.97 Å². The lowest BCUT2D eigenvalue weighted by molar-refractivity contribution is -0.159. The van der Waals surface area contributed by atoms with Gasteiger partial charge in [0.1, 0.15) is 11.6 Å².